The molecule has 0 N–H and O–H groups in total. The molecule has 1 aliphatic rings. The first-order chi connectivity index (χ1) is 3.43. The monoisotopic (exact) mass is 112 g/mol. The zero-order chi connectivity index (χ0) is 5.11. The molecule has 0 aromatic carbocycles. The normalized spacial score (nSPS) is 24.4. The van der Waals surface area contributed by atoms with Crippen molar-refractivity contribution in [2.24, 2.45) is 0 Å². The molecule has 1 aliphatic heterocycles. The van der Waals surface area contributed by atoms with Gasteiger partial charge in [-0.1, -0.05) is 12.2 Å². The summed E-state index contributed by atoms with van der Waals surface area (Å²) in [5.74, 6) is 1.18. The van der Waals surface area contributed by atoms with E-state index < -0.39 is 0 Å². The highest BCUT2D eigenvalue weighted by Crippen LogP contribution is 2.18. The molecule has 0 bridgehead atoms. The van der Waals surface area contributed by atoms with E-state index in [1.54, 1.807) is 0 Å². The van der Waals surface area contributed by atoms with Crippen molar-refractivity contribution < 1.29 is 0 Å². The fourth-order valence-electron chi connectivity index (χ4n) is 0.508. The highest BCUT2D eigenvalue weighted by molar-refractivity contribution is 8.02. The Balaban J connectivity index is 2.59. The molecule has 0 saturated carbocycles. The van der Waals surface area contributed by atoms with Crippen molar-refractivity contribution in [3.05, 3.63) is 23.1 Å². The molecule has 0 aromatic heterocycles. The fourth-order valence-corrected chi connectivity index (χ4v) is 1.33. The molecule has 1 heterocycles. The Morgan fingerprint density at radius 2 is 2.71 bits per heavy atom. The lowest BCUT2D eigenvalue weighted by molar-refractivity contribution is 1.53. The van der Waals surface area contributed by atoms with Crippen molar-refractivity contribution in [1.29, 1.82) is 0 Å². The molecule has 0 spiro atoms. The number of allylic oxidation sites excluding steroid dienone is 2. The average Bonchev–Trinajstić information content (AvgIpc) is 2.14. The summed E-state index contributed by atoms with van der Waals surface area (Å²) in [6.45, 7) is 2.07. The van der Waals surface area contributed by atoms with E-state index in [9.17, 15) is 0 Å². The first kappa shape index (κ1) is 4.98. The van der Waals surface area contributed by atoms with E-state index in [0.29, 0.717) is 0 Å². The largest absolute Gasteiger partial charge is 0.129 e. The van der Waals surface area contributed by atoms with E-state index in [1.807, 2.05) is 11.8 Å². The van der Waals surface area contributed by atoms with Gasteiger partial charge in [0.05, 0.1) is 0 Å². The summed E-state index contributed by atoms with van der Waals surface area (Å²) in [5, 5.41) is 2.13. The minimum absolute atomic E-state index is 1.18. The number of rotatable bonds is 0. The fraction of sp³-hybridized carbons (Fsp3) is 0.333. The van der Waals surface area contributed by atoms with Gasteiger partial charge in [-0.3, -0.25) is 0 Å². The van der Waals surface area contributed by atoms with Crippen molar-refractivity contribution in [3.8, 4) is 0 Å². The Morgan fingerprint density at radius 1 is 1.86 bits per heavy atom. The lowest BCUT2D eigenvalue weighted by Crippen LogP contribution is -1.70. The highest BCUT2D eigenvalue weighted by atomic mass is 32.2. The van der Waals surface area contributed by atoms with Gasteiger partial charge in [0.1, 0.15) is 0 Å². The summed E-state index contributed by atoms with van der Waals surface area (Å²) in [4.78, 5) is 0. The van der Waals surface area contributed by atoms with Crippen LogP contribution < -0.4 is 0 Å². The van der Waals surface area contributed by atoms with Gasteiger partial charge in [0.15, 0.2) is 0 Å². The van der Waals surface area contributed by atoms with Gasteiger partial charge >= 0.3 is 0 Å². The van der Waals surface area contributed by atoms with E-state index in [4.69, 9.17) is 0 Å². The predicted octanol–water partition coefficient (Wildman–Crippen LogP) is 2.19. The quantitative estimate of drug-likeness (QED) is 0.463. The topological polar surface area (TPSA) is 0 Å². The molecule has 0 atom stereocenters. The second-order valence-electron chi connectivity index (χ2n) is 1.48. The Labute approximate surface area is 48.3 Å². The van der Waals surface area contributed by atoms with Gasteiger partial charge in [0, 0.05) is 5.75 Å². The molecule has 0 nitrogen and oxygen atoms in total. The van der Waals surface area contributed by atoms with Gasteiger partial charge < -0.3 is 0 Å². The summed E-state index contributed by atoms with van der Waals surface area (Å²) in [6, 6.07) is 0. The Kier molecular flexibility index (Phi) is 1.58. The minimum Gasteiger partial charge on any atom is -0.129 e. The van der Waals surface area contributed by atoms with Crippen LogP contribution in [0, 0.1) is 0 Å². The van der Waals surface area contributed by atoms with Crippen LogP contribution in [-0.2, 0) is 0 Å². The molecule has 0 radical (unpaired) electrons. The summed E-state index contributed by atoms with van der Waals surface area (Å²) >= 11 is 1.86. The number of hydrogen-bond donors (Lipinski definition) is 0. The third-order valence-corrected chi connectivity index (χ3v) is 1.83. The van der Waals surface area contributed by atoms with Gasteiger partial charge in [-0.2, -0.15) is 0 Å². The second-order valence-corrected chi connectivity index (χ2v) is 2.37. The lowest BCUT2D eigenvalue weighted by Gasteiger charge is -1.83. The first-order valence-corrected chi connectivity index (χ1v) is 3.41. The summed E-state index contributed by atoms with van der Waals surface area (Å²) < 4.78 is 0. The molecular weight excluding hydrogens is 104 g/mol. The van der Waals surface area contributed by atoms with Gasteiger partial charge in [-0.15, -0.1) is 11.8 Å². The van der Waals surface area contributed by atoms with Crippen molar-refractivity contribution >= 4 is 11.8 Å². The summed E-state index contributed by atoms with van der Waals surface area (Å²) in [6.07, 6.45) is 4.31. The Morgan fingerprint density at radius 3 is 3.00 bits per heavy atom. The maximum absolute atomic E-state index is 2.16. The molecule has 0 saturated heterocycles. The SMILES string of the molecule is CC=C1C=CSC1. The van der Waals surface area contributed by atoms with E-state index in [1.165, 1.54) is 11.3 Å². The molecule has 0 fully saturated rings. The molecule has 1 rings (SSSR count). The zero-order valence-corrected chi connectivity index (χ0v) is 5.16. The van der Waals surface area contributed by atoms with Crippen LogP contribution >= 0.6 is 11.8 Å². The molecule has 38 valence electrons. The summed E-state index contributed by atoms with van der Waals surface area (Å²) in [7, 11) is 0. The van der Waals surface area contributed by atoms with Crippen LogP contribution in [0.5, 0.6) is 0 Å². The third kappa shape index (κ3) is 1.10. The molecule has 7 heavy (non-hydrogen) atoms. The molecule has 1 heteroatoms. The van der Waals surface area contributed by atoms with Crippen LogP contribution in [0.25, 0.3) is 0 Å². The van der Waals surface area contributed by atoms with E-state index in [2.05, 4.69) is 24.5 Å². The van der Waals surface area contributed by atoms with Crippen LogP contribution in [0.15, 0.2) is 23.1 Å². The van der Waals surface area contributed by atoms with Gasteiger partial charge in [-0.25, -0.2) is 0 Å². The van der Waals surface area contributed by atoms with Gasteiger partial charge in [0.25, 0.3) is 0 Å². The van der Waals surface area contributed by atoms with E-state index in [-0.39, 0.29) is 0 Å². The summed E-state index contributed by atoms with van der Waals surface area (Å²) in [5.41, 5.74) is 1.45. The zero-order valence-electron chi connectivity index (χ0n) is 4.35. The third-order valence-electron chi connectivity index (χ3n) is 0.999. The van der Waals surface area contributed by atoms with Gasteiger partial charge in [-0.05, 0) is 17.9 Å². The van der Waals surface area contributed by atoms with E-state index in [0.717, 1.165) is 0 Å². The molecule has 0 aromatic rings. The smallest absolute Gasteiger partial charge is 0.0222 e. The Hall–Kier alpha value is -0.170. The average molecular weight is 112 g/mol. The number of hydrogen-bond acceptors (Lipinski definition) is 1. The molecule has 0 unspecified atom stereocenters. The minimum atomic E-state index is 1.18. The standard InChI is InChI=1S/C6H8S/c1-2-6-3-4-7-5-6/h2-4H,5H2,1H3. The Bertz CT molecular complexity index is 109. The van der Waals surface area contributed by atoms with E-state index >= 15 is 0 Å². The van der Waals surface area contributed by atoms with Crippen LogP contribution in [0.4, 0.5) is 0 Å². The highest BCUT2D eigenvalue weighted by Gasteiger charge is 1.94. The lowest BCUT2D eigenvalue weighted by atomic mass is 10.3. The van der Waals surface area contributed by atoms with Crippen LogP contribution in [0.3, 0.4) is 0 Å². The first-order valence-electron chi connectivity index (χ1n) is 2.37. The van der Waals surface area contributed by atoms with Crippen molar-refractivity contribution in [1.82, 2.24) is 0 Å². The predicted molar refractivity (Wildman–Crippen MR) is 35.4 cm³/mol. The van der Waals surface area contributed by atoms with Crippen LogP contribution in [0.2, 0.25) is 0 Å². The van der Waals surface area contributed by atoms with Gasteiger partial charge in [0.2, 0.25) is 0 Å². The van der Waals surface area contributed by atoms with Crippen molar-refractivity contribution in [3.63, 3.8) is 0 Å². The molecule has 0 aliphatic carbocycles. The van der Waals surface area contributed by atoms with Crippen molar-refractivity contribution in [2.75, 3.05) is 5.75 Å². The maximum atomic E-state index is 2.16. The van der Waals surface area contributed by atoms with Crippen LogP contribution in [0.1, 0.15) is 6.92 Å². The number of thioether (sulfide) groups is 1. The second kappa shape index (κ2) is 2.22. The van der Waals surface area contributed by atoms with Crippen molar-refractivity contribution in [2.45, 2.75) is 6.92 Å². The van der Waals surface area contributed by atoms with Crippen LogP contribution in [-0.4, -0.2) is 5.75 Å². The maximum Gasteiger partial charge on any atom is 0.0222 e. The molecular formula is C6H8S. The molecule has 0 amide bonds.